The minimum atomic E-state index is -1.15. The third kappa shape index (κ3) is 3.54. The number of hydrogen-bond donors (Lipinski definition) is 1. The van der Waals surface area contributed by atoms with Gasteiger partial charge in [-0.2, -0.15) is 0 Å². The number of carbonyl (C=O) groups excluding carboxylic acids is 3. The minimum absolute atomic E-state index is 0.228. The summed E-state index contributed by atoms with van der Waals surface area (Å²) in [7, 11) is 1.12. The van der Waals surface area contributed by atoms with Gasteiger partial charge in [0.25, 0.3) is 5.91 Å². The first kappa shape index (κ1) is 15.4. The van der Waals surface area contributed by atoms with E-state index in [1.807, 2.05) is 5.32 Å². The van der Waals surface area contributed by atoms with Crippen LogP contribution in [-0.2, 0) is 14.3 Å². The third-order valence-corrected chi connectivity index (χ3v) is 2.77. The van der Waals surface area contributed by atoms with E-state index in [1.54, 1.807) is 12.3 Å². The van der Waals surface area contributed by atoms with E-state index < -0.39 is 24.1 Å². The maximum atomic E-state index is 12.0. The molecule has 0 aliphatic carbocycles. The van der Waals surface area contributed by atoms with Crippen molar-refractivity contribution in [3.8, 4) is 0 Å². The number of alkyl carbamates (subject to hydrolysis) is 1. The fourth-order valence-electron chi connectivity index (χ4n) is 1.63. The van der Waals surface area contributed by atoms with E-state index in [-0.39, 0.29) is 5.56 Å². The number of nitrogens with one attached hydrogen (secondary N) is 1. The van der Waals surface area contributed by atoms with E-state index in [0.29, 0.717) is 11.0 Å². The Morgan fingerprint density at radius 2 is 1.82 bits per heavy atom. The second-order valence-corrected chi connectivity index (χ2v) is 4.29. The molecule has 1 heterocycles. The molecule has 1 aromatic carbocycles. The van der Waals surface area contributed by atoms with Crippen molar-refractivity contribution in [3.05, 3.63) is 36.2 Å². The molecule has 0 unspecified atom stereocenters. The smallest absolute Gasteiger partial charge is 0.413 e. The number of hydrogen-bond acceptors (Lipinski definition) is 7. The standard InChI is InChI=1S/C14H13N3O5/c1-8(12(18)17-14(20)21-2)22-13(19)9-3-4-10-11(7-9)16-6-5-15-10/h3-8H,1-2H3,(H,17,18,20)/t8-/m0/s1. The van der Waals surface area contributed by atoms with E-state index in [0.717, 1.165) is 7.11 Å². The average molecular weight is 303 g/mol. The normalized spacial score (nSPS) is 11.5. The van der Waals surface area contributed by atoms with Gasteiger partial charge < -0.3 is 9.47 Å². The zero-order valence-electron chi connectivity index (χ0n) is 11.9. The molecule has 1 atom stereocenters. The largest absolute Gasteiger partial charge is 0.453 e. The topological polar surface area (TPSA) is 107 Å². The maximum Gasteiger partial charge on any atom is 0.413 e. The highest BCUT2D eigenvalue weighted by Gasteiger charge is 2.21. The van der Waals surface area contributed by atoms with Crippen LogP contribution in [0.2, 0.25) is 0 Å². The Morgan fingerprint density at radius 3 is 2.50 bits per heavy atom. The molecule has 2 aromatic rings. The molecule has 0 aliphatic rings. The van der Waals surface area contributed by atoms with Crippen LogP contribution in [0.5, 0.6) is 0 Å². The zero-order valence-corrected chi connectivity index (χ0v) is 11.9. The third-order valence-electron chi connectivity index (χ3n) is 2.77. The number of benzene rings is 1. The maximum absolute atomic E-state index is 12.0. The molecule has 22 heavy (non-hydrogen) atoms. The van der Waals surface area contributed by atoms with E-state index in [1.165, 1.54) is 25.3 Å². The Kier molecular flexibility index (Phi) is 4.62. The lowest BCUT2D eigenvalue weighted by Crippen LogP contribution is -2.39. The number of nitrogens with zero attached hydrogens (tertiary/aromatic N) is 2. The number of aromatic nitrogens is 2. The molecule has 1 N–H and O–H groups in total. The van der Waals surface area contributed by atoms with E-state index >= 15 is 0 Å². The lowest BCUT2D eigenvalue weighted by atomic mass is 10.2. The van der Waals surface area contributed by atoms with Gasteiger partial charge in [0.2, 0.25) is 0 Å². The summed E-state index contributed by atoms with van der Waals surface area (Å²) >= 11 is 0. The number of carbonyl (C=O) groups is 3. The number of methoxy groups -OCH3 is 1. The molecule has 114 valence electrons. The summed E-state index contributed by atoms with van der Waals surface area (Å²) in [5.41, 5.74) is 1.39. The highest BCUT2D eigenvalue weighted by molar-refractivity contribution is 5.98. The van der Waals surface area contributed by atoms with Crippen LogP contribution in [0, 0.1) is 0 Å². The fraction of sp³-hybridized carbons (Fsp3) is 0.214. The van der Waals surface area contributed by atoms with E-state index in [4.69, 9.17) is 4.74 Å². The number of esters is 1. The Hall–Kier alpha value is -3.03. The van der Waals surface area contributed by atoms with Crippen LogP contribution in [-0.4, -0.2) is 41.2 Å². The molecule has 0 saturated heterocycles. The number of ether oxygens (including phenoxy) is 2. The number of amides is 2. The molecular formula is C14H13N3O5. The van der Waals surface area contributed by atoms with Gasteiger partial charge >= 0.3 is 12.1 Å². The summed E-state index contributed by atoms with van der Waals surface area (Å²) in [6.45, 7) is 1.34. The van der Waals surface area contributed by atoms with Crippen LogP contribution >= 0.6 is 0 Å². The van der Waals surface area contributed by atoms with Crippen LogP contribution in [0.4, 0.5) is 4.79 Å². The predicted molar refractivity (Wildman–Crippen MR) is 75.0 cm³/mol. The summed E-state index contributed by atoms with van der Waals surface area (Å²) < 4.78 is 9.27. The molecule has 0 radical (unpaired) electrons. The summed E-state index contributed by atoms with van der Waals surface area (Å²) in [5.74, 6) is -1.49. The molecule has 8 nitrogen and oxygen atoms in total. The second-order valence-electron chi connectivity index (χ2n) is 4.29. The molecule has 1 aromatic heterocycles. The van der Waals surface area contributed by atoms with Gasteiger partial charge in [0.15, 0.2) is 6.10 Å². The molecule has 0 aliphatic heterocycles. The lowest BCUT2D eigenvalue weighted by Gasteiger charge is -2.12. The van der Waals surface area contributed by atoms with Gasteiger partial charge in [-0.25, -0.2) is 9.59 Å². The molecule has 8 heteroatoms. The predicted octanol–water partition coefficient (Wildman–Crippen LogP) is 1.06. The Labute approximate surface area is 125 Å². The van der Waals surface area contributed by atoms with Gasteiger partial charge in [0.1, 0.15) is 0 Å². The van der Waals surface area contributed by atoms with Crippen molar-refractivity contribution >= 4 is 29.0 Å². The van der Waals surface area contributed by atoms with Gasteiger partial charge in [0, 0.05) is 12.4 Å². The van der Waals surface area contributed by atoms with Gasteiger partial charge in [0.05, 0.1) is 23.7 Å². The first-order chi connectivity index (χ1) is 10.5. The van der Waals surface area contributed by atoms with Crippen LogP contribution in [0.3, 0.4) is 0 Å². The Balaban J connectivity index is 2.07. The molecule has 0 fully saturated rings. The van der Waals surface area contributed by atoms with Gasteiger partial charge in [-0.15, -0.1) is 0 Å². The molecule has 0 spiro atoms. The van der Waals surface area contributed by atoms with Crippen LogP contribution in [0.15, 0.2) is 30.6 Å². The van der Waals surface area contributed by atoms with Crippen molar-refractivity contribution in [2.45, 2.75) is 13.0 Å². The fourth-order valence-corrected chi connectivity index (χ4v) is 1.63. The van der Waals surface area contributed by atoms with Gasteiger partial charge in [-0.1, -0.05) is 0 Å². The first-order valence-electron chi connectivity index (χ1n) is 6.32. The van der Waals surface area contributed by atoms with Crippen molar-refractivity contribution in [2.24, 2.45) is 0 Å². The Morgan fingerprint density at radius 1 is 1.14 bits per heavy atom. The van der Waals surface area contributed by atoms with Crippen molar-refractivity contribution in [1.82, 2.24) is 15.3 Å². The van der Waals surface area contributed by atoms with Crippen LogP contribution in [0.25, 0.3) is 11.0 Å². The minimum Gasteiger partial charge on any atom is -0.453 e. The van der Waals surface area contributed by atoms with Gasteiger partial charge in [-0.3, -0.25) is 20.1 Å². The van der Waals surface area contributed by atoms with E-state index in [9.17, 15) is 14.4 Å². The highest BCUT2D eigenvalue weighted by Crippen LogP contribution is 2.12. The SMILES string of the molecule is COC(=O)NC(=O)[C@H](C)OC(=O)c1ccc2nccnc2c1. The molecule has 2 rings (SSSR count). The summed E-state index contributed by atoms with van der Waals surface area (Å²) in [4.78, 5) is 42.7. The quantitative estimate of drug-likeness (QED) is 0.844. The van der Waals surface area contributed by atoms with E-state index in [2.05, 4.69) is 14.7 Å². The average Bonchev–Trinajstić information content (AvgIpc) is 2.53. The molecular weight excluding hydrogens is 290 g/mol. The van der Waals surface area contributed by atoms with Crippen molar-refractivity contribution in [1.29, 1.82) is 0 Å². The van der Waals surface area contributed by atoms with Crippen molar-refractivity contribution < 1.29 is 23.9 Å². The van der Waals surface area contributed by atoms with Crippen molar-refractivity contribution in [3.63, 3.8) is 0 Å². The lowest BCUT2D eigenvalue weighted by molar-refractivity contribution is -0.128. The monoisotopic (exact) mass is 303 g/mol. The summed E-state index contributed by atoms with van der Waals surface area (Å²) in [5, 5.41) is 1.92. The summed E-state index contributed by atoms with van der Waals surface area (Å²) in [6, 6.07) is 4.65. The summed E-state index contributed by atoms with van der Waals surface area (Å²) in [6.07, 6.45) is 0.974. The zero-order chi connectivity index (χ0) is 16.1. The van der Waals surface area contributed by atoms with Crippen molar-refractivity contribution in [2.75, 3.05) is 7.11 Å². The number of imide groups is 1. The Bertz CT molecular complexity index is 731. The first-order valence-corrected chi connectivity index (χ1v) is 6.32. The van der Waals surface area contributed by atoms with Crippen LogP contribution in [0.1, 0.15) is 17.3 Å². The van der Waals surface area contributed by atoms with Crippen LogP contribution < -0.4 is 5.32 Å². The molecule has 0 saturated carbocycles. The molecule has 0 bridgehead atoms. The van der Waals surface area contributed by atoms with Gasteiger partial charge in [-0.05, 0) is 25.1 Å². The second kappa shape index (κ2) is 6.61. The molecule has 2 amide bonds. The highest BCUT2D eigenvalue weighted by atomic mass is 16.6. The number of rotatable bonds is 3. The number of fused-ring (bicyclic) bond motifs is 1.